The summed E-state index contributed by atoms with van der Waals surface area (Å²) in [5.41, 5.74) is 1.58. The van der Waals surface area contributed by atoms with Gasteiger partial charge in [0.15, 0.2) is 0 Å². The maximum Gasteiger partial charge on any atom is 0.142 e. The van der Waals surface area contributed by atoms with Gasteiger partial charge >= 0.3 is 0 Å². The summed E-state index contributed by atoms with van der Waals surface area (Å²) in [5, 5.41) is 3.65. The summed E-state index contributed by atoms with van der Waals surface area (Å²) >= 11 is 6.09. The lowest BCUT2D eigenvalue weighted by Gasteiger charge is -2.25. The van der Waals surface area contributed by atoms with Crippen LogP contribution in [0.5, 0.6) is 5.75 Å². The number of piperidine rings is 1. The minimum Gasteiger partial charge on any atom is -0.496 e. The van der Waals surface area contributed by atoms with E-state index in [0.717, 1.165) is 30.5 Å². The third-order valence-corrected chi connectivity index (χ3v) is 3.93. The Balaban J connectivity index is 2.29. The molecule has 1 unspecified atom stereocenters. The van der Waals surface area contributed by atoms with Crippen LogP contribution in [-0.2, 0) is 6.42 Å². The summed E-state index contributed by atoms with van der Waals surface area (Å²) in [6.45, 7) is 2.87. The molecule has 2 nitrogen and oxygen atoms in total. The van der Waals surface area contributed by atoms with E-state index in [2.05, 4.69) is 5.32 Å². The second-order valence-corrected chi connectivity index (χ2v) is 5.23. The van der Waals surface area contributed by atoms with Crippen LogP contribution in [0, 0.1) is 12.7 Å². The molecule has 2 rings (SSSR count). The van der Waals surface area contributed by atoms with E-state index in [4.69, 9.17) is 16.3 Å². The monoisotopic (exact) mass is 271 g/mol. The van der Waals surface area contributed by atoms with Crippen molar-refractivity contribution in [1.29, 1.82) is 0 Å². The number of methoxy groups -OCH3 is 1. The summed E-state index contributed by atoms with van der Waals surface area (Å²) in [5.74, 6) is 0.356. The van der Waals surface area contributed by atoms with Crippen molar-refractivity contribution in [3.05, 3.63) is 28.0 Å². The Morgan fingerprint density at radius 3 is 2.89 bits per heavy atom. The van der Waals surface area contributed by atoms with Crippen molar-refractivity contribution < 1.29 is 9.13 Å². The van der Waals surface area contributed by atoms with Crippen molar-refractivity contribution in [2.45, 2.75) is 38.6 Å². The van der Waals surface area contributed by atoms with Crippen LogP contribution >= 0.6 is 11.6 Å². The highest BCUT2D eigenvalue weighted by atomic mass is 35.5. The van der Waals surface area contributed by atoms with Crippen LogP contribution in [0.25, 0.3) is 0 Å². The van der Waals surface area contributed by atoms with Crippen molar-refractivity contribution >= 4 is 11.6 Å². The van der Waals surface area contributed by atoms with E-state index < -0.39 is 0 Å². The van der Waals surface area contributed by atoms with Crippen molar-refractivity contribution in [3.63, 3.8) is 0 Å². The molecule has 1 heterocycles. The molecule has 1 saturated heterocycles. The molecule has 1 aliphatic rings. The maximum absolute atomic E-state index is 13.7. The number of halogens is 2. The number of ether oxygens (including phenoxy) is 1. The van der Waals surface area contributed by atoms with Crippen molar-refractivity contribution in [3.8, 4) is 5.75 Å². The fourth-order valence-electron chi connectivity index (χ4n) is 2.61. The lowest BCUT2D eigenvalue weighted by Crippen LogP contribution is -2.35. The van der Waals surface area contributed by atoms with Gasteiger partial charge in [0.25, 0.3) is 0 Å². The van der Waals surface area contributed by atoms with Gasteiger partial charge in [0.1, 0.15) is 11.6 Å². The maximum atomic E-state index is 13.7. The molecule has 1 fully saturated rings. The molecule has 0 aliphatic carbocycles. The molecule has 0 amide bonds. The Labute approximate surface area is 112 Å². The fourth-order valence-corrected chi connectivity index (χ4v) is 2.83. The minimum absolute atomic E-state index is 0.199. The standard InChI is InChI=1S/C14H19ClFNO/c1-9-7-12(16)13(15)11(14(9)18-2)8-10-5-3-4-6-17-10/h7,10,17H,3-6,8H2,1-2H3. The van der Waals surface area contributed by atoms with Gasteiger partial charge in [0.2, 0.25) is 0 Å². The van der Waals surface area contributed by atoms with Gasteiger partial charge in [-0.1, -0.05) is 18.0 Å². The van der Waals surface area contributed by atoms with Crippen LogP contribution in [0.1, 0.15) is 30.4 Å². The summed E-state index contributed by atoms with van der Waals surface area (Å²) in [6, 6.07) is 1.80. The number of benzene rings is 1. The lowest BCUT2D eigenvalue weighted by molar-refractivity contribution is 0.379. The predicted octanol–water partition coefficient (Wildman–Crippen LogP) is 3.48. The number of aryl methyl sites for hydroxylation is 1. The molecule has 1 aromatic carbocycles. The average Bonchev–Trinajstić information content (AvgIpc) is 2.37. The molecule has 1 aliphatic heterocycles. The summed E-state index contributed by atoms with van der Waals surface area (Å²) in [7, 11) is 1.61. The third-order valence-electron chi connectivity index (χ3n) is 3.52. The molecular weight excluding hydrogens is 253 g/mol. The molecule has 1 atom stereocenters. The Hall–Kier alpha value is -0.800. The van der Waals surface area contributed by atoms with Gasteiger partial charge in [-0.15, -0.1) is 0 Å². The Morgan fingerprint density at radius 2 is 2.28 bits per heavy atom. The summed E-state index contributed by atoms with van der Waals surface area (Å²) in [6.07, 6.45) is 4.26. The zero-order valence-corrected chi connectivity index (χ0v) is 11.6. The third kappa shape index (κ3) is 2.78. The van der Waals surface area contributed by atoms with Crippen molar-refractivity contribution in [2.75, 3.05) is 13.7 Å². The lowest BCUT2D eigenvalue weighted by atomic mass is 9.96. The van der Waals surface area contributed by atoms with E-state index in [1.807, 2.05) is 6.92 Å². The molecule has 0 bridgehead atoms. The van der Waals surface area contributed by atoms with Crippen LogP contribution in [0.15, 0.2) is 6.07 Å². The zero-order chi connectivity index (χ0) is 13.1. The highest BCUT2D eigenvalue weighted by Crippen LogP contribution is 2.34. The first kappa shape index (κ1) is 13.6. The molecule has 1 aromatic rings. The van der Waals surface area contributed by atoms with E-state index in [9.17, 15) is 4.39 Å². The Bertz CT molecular complexity index is 430. The second-order valence-electron chi connectivity index (χ2n) is 4.85. The van der Waals surface area contributed by atoms with Crippen molar-refractivity contribution in [1.82, 2.24) is 5.32 Å². The van der Waals surface area contributed by atoms with E-state index in [1.54, 1.807) is 7.11 Å². The first-order valence-corrected chi connectivity index (χ1v) is 6.76. The quantitative estimate of drug-likeness (QED) is 0.909. The zero-order valence-electron chi connectivity index (χ0n) is 10.9. The topological polar surface area (TPSA) is 21.3 Å². The highest BCUT2D eigenvalue weighted by Gasteiger charge is 2.21. The molecule has 4 heteroatoms. The number of hydrogen-bond donors (Lipinski definition) is 1. The molecule has 0 aromatic heterocycles. The van der Waals surface area contributed by atoms with Crippen LogP contribution in [0.2, 0.25) is 5.02 Å². The van der Waals surface area contributed by atoms with E-state index in [-0.39, 0.29) is 10.8 Å². The van der Waals surface area contributed by atoms with Gasteiger partial charge in [-0.3, -0.25) is 0 Å². The normalized spacial score (nSPS) is 19.9. The van der Waals surface area contributed by atoms with Gasteiger partial charge in [-0.25, -0.2) is 4.39 Å². The Morgan fingerprint density at radius 1 is 1.50 bits per heavy atom. The molecule has 18 heavy (non-hydrogen) atoms. The van der Waals surface area contributed by atoms with Gasteiger partial charge in [0, 0.05) is 11.6 Å². The van der Waals surface area contributed by atoms with E-state index >= 15 is 0 Å². The average molecular weight is 272 g/mol. The van der Waals surface area contributed by atoms with Crippen LogP contribution in [0.3, 0.4) is 0 Å². The SMILES string of the molecule is COc1c(C)cc(F)c(Cl)c1CC1CCCCN1. The van der Waals surface area contributed by atoms with Gasteiger partial charge in [0.05, 0.1) is 12.1 Å². The summed E-state index contributed by atoms with van der Waals surface area (Å²) < 4.78 is 19.1. The minimum atomic E-state index is -0.360. The van der Waals surface area contributed by atoms with Gasteiger partial charge in [-0.2, -0.15) is 0 Å². The summed E-state index contributed by atoms with van der Waals surface area (Å²) in [4.78, 5) is 0. The van der Waals surface area contributed by atoms with Crippen molar-refractivity contribution in [2.24, 2.45) is 0 Å². The first-order valence-electron chi connectivity index (χ1n) is 6.38. The number of nitrogens with one attached hydrogen (secondary N) is 1. The smallest absolute Gasteiger partial charge is 0.142 e. The van der Waals surface area contributed by atoms with E-state index in [1.165, 1.54) is 18.9 Å². The molecule has 100 valence electrons. The van der Waals surface area contributed by atoms with Crippen LogP contribution in [-0.4, -0.2) is 19.7 Å². The van der Waals surface area contributed by atoms with Crippen LogP contribution < -0.4 is 10.1 Å². The highest BCUT2D eigenvalue weighted by molar-refractivity contribution is 6.31. The second kappa shape index (κ2) is 5.89. The predicted molar refractivity (Wildman–Crippen MR) is 72.0 cm³/mol. The number of rotatable bonds is 3. The Kier molecular flexibility index (Phi) is 4.46. The molecule has 1 N–H and O–H groups in total. The first-order chi connectivity index (χ1) is 8.63. The molecule has 0 radical (unpaired) electrons. The fraction of sp³-hybridized carbons (Fsp3) is 0.571. The molecular formula is C14H19ClFNO. The molecule has 0 spiro atoms. The van der Waals surface area contributed by atoms with E-state index in [0.29, 0.717) is 11.8 Å². The largest absolute Gasteiger partial charge is 0.496 e. The molecule has 0 saturated carbocycles. The van der Waals surface area contributed by atoms with Crippen LogP contribution in [0.4, 0.5) is 4.39 Å². The van der Waals surface area contributed by atoms with Gasteiger partial charge < -0.3 is 10.1 Å². The van der Waals surface area contributed by atoms with Gasteiger partial charge in [-0.05, 0) is 44.4 Å². The number of hydrogen-bond acceptors (Lipinski definition) is 2.